The summed E-state index contributed by atoms with van der Waals surface area (Å²) in [4.78, 5) is 13.3. The predicted octanol–water partition coefficient (Wildman–Crippen LogP) is 3.46. The number of hydrogen-bond acceptors (Lipinski definition) is 2. The maximum Gasteiger partial charge on any atom is 0.261 e. The van der Waals surface area contributed by atoms with Crippen LogP contribution in [0.1, 0.15) is 10.4 Å². The number of hydrogen-bond donors (Lipinski definition) is 1. The molecule has 0 aliphatic rings. The quantitative estimate of drug-likeness (QED) is 0.914. The van der Waals surface area contributed by atoms with Crippen molar-refractivity contribution in [3.05, 3.63) is 58.9 Å². The van der Waals surface area contributed by atoms with Crippen LogP contribution in [0.15, 0.2) is 42.5 Å². The third-order valence-electron chi connectivity index (χ3n) is 2.71. The molecule has 1 N–H and O–H groups in total. The summed E-state index contributed by atoms with van der Waals surface area (Å²) in [6, 6.07) is 10.1. The van der Waals surface area contributed by atoms with Crippen LogP contribution in [0.3, 0.4) is 0 Å². The Morgan fingerprint density at radius 3 is 2.58 bits per heavy atom. The first kappa shape index (κ1) is 13.4. The summed E-state index contributed by atoms with van der Waals surface area (Å²) in [5.41, 5.74) is 0.206. The summed E-state index contributed by atoms with van der Waals surface area (Å²) in [7, 11) is 1.44. The molecular weight excluding hydrogens is 269 g/mol. The van der Waals surface area contributed by atoms with Crippen LogP contribution in [0.2, 0.25) is 5.02 Å². The number of carbonyl (C=O) groups excluding carboxylic acids is 1. The topological polar surface area (TPSA) is 40.5 Å². The summed E-state index contributed by atoms with van der Waals surface area (Å²) in [5, 5.41) is 10.0. The molecule has 0 saturated heterocycles. The molecule has 0 radical (unpaired) electrons. The third-order valence-corrected chi connectivity index (χ3v) is 2.94. The van der Waals surface area contributed by atoms with Crippen molar-refractivity contribution in [3.63, 3.8) is 0 Å². The fourth-order valence-corrected chi connectivity index (χ4v) is 1.87. The molecule has 0 fully saturated rings. The Labute approximate surface area is 114 Å². The number of aromatic hydroxyl groups is 1. The van der Waals surface area contributed by atoms with Crippen LogP contribution < -0.4 is 4.90 Å². The molecule has 0 aromatic heterocycles. The van der Waals surface area contributed by atoms with Crippen molar-refractivity contribution in [2.75, 3.05) is 11.9 Å². The van der Waals surface area contributed by atoms with Crippen molar-refractivity contribution in [3.8, 4) is 5.75 Å². The van der Waals surface area contributed by atoms with Gasteiger partial charge in [0.25, 0.3) is 5.91 Å². The molecule has 19 heavy (non-hydrogen) atoms. The molecule has 2 aromatic carbocycles. The first-order chi connectivity index (χ1) is 9.00. The maximum atomic E-state index is 13.6. The Hall–Kier alpha value is -2.07. The van der Waals surface area contributed by atoms with E-state index in [9.17, 15) is 14.3 Å². The average Bonchev–Trinajstić information content (AvgIpc) is 2.38. The Bertz CT molecular complexity index is 631. The molecule has 0 saturated carbocycles. The molecule has 98 valence electrons. The second-order valence-corrected chi connectivity index (χ2v) is 4.41. The van der Waals surface area contributed by atoms with E-state index in [1.54, 1.807) is 6.07 Å². The van der Waals surface area contributed by atoms with Crippen LogP contribution in [0.25, 0.3) is 0 Å². The number of phenols is 1. The van der Waals surface area contributed by atoms with Crippen molar-refractivity contribution < 1.29 is 14.3 Å². The van der Waals surface area contributed by atoms with Gasteiger partial charge < -0.3 is 10.0 Å². The zero-order valence-corrected chi connectivity index (χ0v) is 10.9. The number of rotatable bonds is 2. The van der Waals surface area contributed by atoms with Gasteiger partial charge in [0, 0.05) is 12.1 Å². The fraction of sp³-hybridized carbons (Fsp3) is 0.0714. The van der Waals surface area contributed by atoms with Gasteiger partial charge in [-0.3, -0.25) is 4.79 Å². The van der Waals surface area contributed by atoms with Crippen molar-refractivity contribution in [1.82, 2.24) is 0 Å². The van der Waals surface area contributed by atoms with Crippen molar-refractivity contribution in [2.24, 2.45) is 0 Å². The molecule has 0 unspecified atom stereocenters. The van der Waals surface area contributed by atoms with Gasteiger partial charge in [0.05, 0.1) is 11.3 Å². The third kappa shape index (κ3) is 2.69. The molecule has 3 nitrogen and oxygen atoms in total. The van der Waals surface area contributed by atoms with Crippen LogP contribution in [0, 0.1) is 5.82 Å². The molecule has 0 heterocycles. The van der Waals surface area contributed by atoms with Crippen LogP contribution in [-0.2, 0) is 0 Å². The summed E-state index contributed by atoms with van der Waals surface area (Å²) in [6.45, 7) is 0. The van der Waals surface area contributed by atoms with Gasteiger partial charge in [-0.15, -0.1) is 0 Å². The maximum absolute atomic E-state index is 13.6. The Morgan fingerprint density at radius 1 is 1.26 bits per heavy atom. The molecule has 2 aromatic rings. The molecule has 0 aliphatic heterocycles. The Kier molecular flexibility index (Phi) is 3.71. The normalized spacial score (nSPS) is 10.3. The van der Waals surface area contributed by atoms with E-state index in [-0.39, 0.29) is 17.0 Å². The van der Waals surface area contributed by atoms with Crippen molar-refractivity contribution >= 4 is 23.2 Å². The molecule has 1 amide bonds. The van der Waals surface area contributed by atoms with Gasteiger partial charge in [0.1, 0.15) is 11.6 Å². The lowest BCUT2D eigenvalue weighted by molar-refractivity contribution is 0.0989. The highest BCUT2D eigenvalue weighted by Crippen LogP contribution is 2.25. The van der Waals surface area contributed by atoms with E-state index in [4.69, 9.17) is 11.6 Å². The number of halogens is 2. The number of amides is 1. The Balaban J connectivity index is 2.37. The summed E-state index contributed by atoms with van der Waals surface area (Å²) in [5.74, 6) is -1.26. The van der Waals surface area contributed by atoms with E-state index >= 15 is 0 Å². The van der Waals surface area contributed by atoms with Gasteiger partial charge in [-0.1, -0.05) is 23.7 Å². The number of anilines is 1. The molecule has 5 heteroatoms. The SMILES string of the molecule is CN(C(=O)c1ccc(Cl)cc1O)c1ccccc1F. The van der Waals surface area contributed by atoms with Crippen LogP contribution in [-0.4, -0.2) is 18.1 Å². The number of benzene rings is 2. The minimum absolute atomic E-state index is 0.0650. The second-order valence-electron chi connectivity index (χ2n) is 3.98. The minimum Gasteiger partial charge on any atom is -0.507 e. The molecule has 0 spiro atoms. The highest BCUT2D eigenvalue weighted by atomic mass is 35.5. The number of phenolic OH excluding ortho intramolecular Hbond substituents is 1. The van der Waals surface area contributed by atoms with E-state index in [1.807, 2.05) is 0 Å². The summed E-state index contributed by atoms with van der Waals surface area (Å²) in [6.07, 6.45) is 0. The van der Waals surface area contributed by atoms with E-state index < -0.39 is 11.7 Å². The predicted molar refractivity (Wildman–Crippen MR) is 72.3 cm³/mol. The van der Waals surface area contributed by atoms with E-state index in [1.165, 1.54) is 43.4 Å². The largest absolute Gasteiger partial charge is 0.507 e. The van der Waals surface area contributed by atoms with E-state index in [0.29, 0.717) is 5.02 Å². The van der Waals surface area contributed by atoms with Crippen LogP contribution in [0.5, 0.6) is 5.75 Å². The zero-order valence-electron chi connectivity index (χ0n) is 10.1. The average molecular weight is 280 g/mol. The number of nitrogens with zero attached hydrogens (tertiary/aromatic N) is 1. The van der Waals surface area contributed by atoms with E-state index in [0.717, 1.165) is 4.90 Å². The number of para-hydroxylation sites is 1. The molecule has 0 aliphatic carbocycles. The first-order valence-electron chi connectivity index (χ1n) is 5.52. The van der Waals surface area contributed by atoms with Gasteiger partial charge in [-0.2, -0.15) is 0 Å². The van der Waals surface area contributed by atoms with Gasteiger partial charge >= 0.3 is 0 Å². The minimum atomic E-state index is -0.515. The summed E-state index contributed by atoms with van der Waals surface area (Å²) < 4.78 is 13.6. The molecular formula is C14H11ClFNO2. The molecule has 2 rings (SSSR count). The first-order valence-corrected chi connectivity index (χ1v) is 5.89. The monoisotopic (exact) mass is 279 g/mol. The number of carbonyl (C=O) groups is 1. The van der Waals surface area contributed by atoms with Gasteiger partial charge in [-0.25, -0.2) is 4.39 Å². The fourth-order valence-electron chi connectivity index (χ4n) is 1.70. The molecule has 0 bridgehead atoms. The standard InChI is InChI=1S/C14H11ClFNO2/c1-17(12-5-3-2-4-11(12)16)14(19)10-7-6-9(15)8-13(10)18/h2-8,18H,1H3. The van der Waals surface area contributed by atoms with Crippen LogP contribution >= 0.6 is 11.6 Å². The molecule has 0 atom stereocenters. The summed E-state index contributed by atoms with van der Waals surface area (Å²) >= 11 is 5.70. The van der Waals surface area contributed by atoms with Crippen molar-refractivity contribution in [1.29, 1.82) is 0 Å². The lowest BCUT2D eigenvalue weighted by Gasteiger charge is -2.18. The van der Waals surface area contributed by atoms with Gasteiger partial charge in [0.15, 0.2) is 0 Å². The van der Waals surface area contributed by atoms with Gasteiger partial charge in [-0.05, 0) is 30.3 Å². The zero-order chi connectivity index (χ0) is 14.0. The highest BCUT2D eigenvalue weighted by Gasteiger charge is 2.19. The smallest absolute Gasteiger partial charge is 0.261 e. The van der Waals surface area contributed by atoms with E-state index in [2.05, 4.69) is 0 Å². The Morgan fingerprint density at radius 2 is 1.95 bits per heavy atom. The van der Waals surface area contributed by atoms with Crippen LogP contribution in [0.4, 0.5) is 10.1 Å². The lowest BCUT2D eigenvalue weighted by Crippen LogP contribution is -2.27. The van der Waals surface area contributed by atoms with Gasteiger partial charge in [0.2, 0.25) is 0 Å². The highest BCUT2D eigenvalue weighted by molar-refractivity contribution is 6.31. The van der Waals surface area contributed by atoms with Crippen molar-refractivity contribution in [2.45, 2.75) is 0 Å². The second kappa shape index (κ2) is 5.28. The lowest BCUT2D eigenvalue weighted by atomic mass is 10.1.